The van der Waals surface area contributed by atoms with Gasteiger partial charge < -0.3 is 17.2 Å². The first-order chi connectivity index (χ1) is 10.2. The SMILES string of the molecule is CCN/C1=C(\N)c2ccccc2C(C)Cc2ccccc21.N. The van der Waals surface area contributed by atoms with Gasteiger partial charge in [-0.05, 0) is 30.4 Å². The highest BCUT2D eigenvalue weighted by Gasteiger charge is 2.21. The molecule has 2 aromatic carbocycles. The Morgan fingerprint density at radius 3 is 2.41 bits per heavy atom. The standard InChI is InChI=1S/C19H22N2.H3N/c1-3-21-19-16-10-5-4-8-14(16)12-13(2)15-9-6-7-11-17(15)18(19)20;/h4-11,13,21H,3,12,20H2,1-2H3;1H3/b19-18-;. The zero-order valence-corrected chi connectivity index (χ0v) is 13.4. The highest BCUT2D eigenvalue weighted by atomic mass is 14.9. The zero-order chi connectivity index (χ0) is 14.8. The fourth-order valence-corrected chi connectivity index (χ4v) is 3.20. The molecular weight excluding hydrogens is 270 g/mol. The number of nitrogens with two attached hydrogens (primary N) is 1. The van der Waals surface area contributed by atoms with Gasteiger partial charge in [-0.3, -0.25) is 0 Å². The summed E-state index contributed by atoms with van der Waals surface area (Å²) in [5.74, 6) is 0.462. The quantitative estimate of drug-likeness (QED) is 0.786. The Hall–Kier alpha value is -2.26. The Bertz CT molecular complexity index is 689. The summed E-state index contributed by atoms with van der Waals surface area (Å²) in [6, 6.07) is 17.1. The molecule has 3 heteroatoms. The Kier molecular flexibility index (Phi) is 4.88. The number of fused-ring (bicyclic) bond motifs is 2. The maximum absolute atomic E-state index is 6.54. The van der Waals surface area contributed by atoms with Crippen LogP contribution in [0.3, 0.4) is 0 Å². The molecule has 1 unspecified atom stereocenters. The van der Waals surface area contributed by atoms with Crippen molar-refractivity contribution in [1.82, 2.24) is 11.5 Å². The zero-order valence-electron chi connectivity index (χ0n) is 13.4. The number of rotatable bonds is 2. The average molecular weight is 295 g/mol. The predicted molar refractivity (Wildman–Crippen MR) is 94.7 cm³/mol. The summed E-state index contributed by atoms with van der Waals surface area (Å²) in [5, 5.41) is 3.47. The van der Waals surface area contributed by atoms with E-state index in [9.17, 15) is 0 Å². The highest BCUT2D eigenvalue weighted by molar-refractivity contribution is 5.90. The summed E-state index contributed by atoms with van der Waals surface area (Å²) in [7, 11) is 0. The van der Waals surface area contributed by atoms with Crippen LogP contribution in [0.1, 0.15) is 42.0 Å². The molecule has 0 saturated carbocycles. The molecule has 3 nitrogen and oxygen atoms in total. The molecule has 0 fully saturated rings. The lowest BCUT2D eigenvalue weighted by Crippen LogP contribution is -2.20. The molecule has 2 aromatic rings. The Balaban J connectivity index is 0.00000176. The van der Waals surface area contributed by atoms with E-state index < -0.39 is 0 Å². The van der Waals surface area contributed by atoms with Gasteiger partial charge in [-0.15, -0.1) is 0 Å². The van der Waals surface area contributed by atoms with Crippen LogP contribution < -0.4 is 17.2 Å². The average Bonchev–Trinajstić information content (AvgIpc) is 2.52. The minimum Gasteiger partial charge on any atom is -0.397 e. The lowest BCUT2D eigenvalue weighted by atomic mass is 9.84. The third-order valence-electron chi connectivity index (χ3n) is 4.22. The monoisotopic (exact) mass is 295 g/mol. The third-order valence-corrected chi connectivity index (χ3v) is 4.22. The first kappa shape index (κ1) is 16.1. The van der Waals surface area contributed by atoms with Crippen LogP contribution in [0, 0.1) is 0 Å². The topological polar surface area (TPSA) is 73.0 Å². The second-order valence-corrected chi connectivity index (χ2v) is 5.67. The van der Waals surface area contributed by atoms with Crippen molar-refractivity contribution in [3.05, 3.63) is 70.8 Å². The number of hydrogen-bond acceptors (Lipinski definition) is 3. The molecule has 116 valence electrons. The van der Waals surface area contributed by atoms with E-state index in [4.69, 9.17) is 5.73 Å². The molecular formula is C19H25N3. The van der Waals surface area contributed by atoms with Crippen molar-refractivity contribution >= 4 is 11.4 Å². The van der Waals surface area contributed by atoms with Crippen LogP contribution in [0.25, 0.3) is 11.4 Å². The molecule has 22 heavy (non-hydrogen) atoms. The van der Waals surface area contributed by atoms with E-state index in [2.05, 4.69) is 67.7 Å². The second-order valence-electron chi connectivity index (χ2n) is 5.67. The Morgan fingerprint density at radius 2 is 1.68 bits per heavy atom. The normalized spacial score (nSPS) is 20.0. The molecule has 0 amide bonds. The molecule has 1 aliphatic carbocycles. The molecule has 6 N–H and O–H groups in total. The number of benzene rings is 2. The van der Waals surface area contributed by atoms with Crippen molar-refractivity contribution < 1.29 is 0 Å². The first-order valence-electron chi connectivity index (χ1n) is 7.63. The van der Waals surface area contributed by atoms with Crippen LogP contribution in [-0.4, -0.2) is 6.54 Å². The maximum atomic E-state index is 6.54. The van der Waals surface area contributed by atoms with Crippen LogP contribution in [0.15, 0.2) is 48.5 Å². The Morgan fingerprint density at radius 1 is 1.05 bits per heavy atom. The van der Waals surface area contributed by atoms with Crippen molar-refractivity contribution in [1.29, 1.82) is 0 Å². The van der Waals surface area contributed by atoms with Crippen LogP contribution >= 0.6 is 0 Å². The summed E-state index contributed by atoms with van der Waals surface area (Å²) >= 11 is 0. The van der Waals surface area contributed by atoms with E-state index in [0.717, 1.165) is 29.9 Å². The van der Waals surface area contributed by atoms with Gasteiger partial charge in [0.15, 0.2) is 0 Å². The molecule has 1 atom stereocenters. The summed E-state index contributed by atoms with van der Waals surface area (Å²) in [5.41, 5.74) is 13.5. The highest BCUT2D eigenvalue weighted by Crippen LogP contribution is 2.34. The van der Waals surface area contributed by atoms with Crippen LogP contribution in [0.2, 0.25) is 0 Å². The van der Waals surface area contributed by atoms with Gasteiger partial charge >= 0.3 is 0 Å². The number of hydrogen-bond donors (Lipinski definition) is 3. The van der Waals surface area contributed by atoms with Gasteiger partial charge in [-0.2, -0.15) is 0 Å². The van der Waals surface area contributed by atoms with Gasteiger partial charge in [0.2, 0.25) is 0 Å². The minimum absolute atomic E-state index is 0. The van der Waals surface area contributed by atoms with Gasteiger partial charge in [-0.25, -0.2) is 0 Å². The fraction of sp³-hybridized carbons (Fsp3) is 0.263. The van der Waals surface area contributed by atoms with Gasteiger partial charge in [0, 0.05) is 17.7 Å². The van der Waals surface area contributed by atoms with Crippen molar-refractivity contribution in [2.24, 2.45) is 5.73 Å². The largest absolute Gasteiger partial charge is 0.397 e. The molecule has 0 aromatic heterocycles. The van der Waals surface area contributed by atoms with E-state index in [1.54, 1.807) is 0 Å². The molecule has 3 rings (SSSR count). The van der Waals surface area contributed by atoms with E-state index in [1.165, 1.54) is 16.7 Å². The van der Waals surface area contributed by atoms with Crippen molar-refractivity contribution in [3.63, 3.8) is 0 Å². The van der Waals surface area contributed by atoms with Gasteiger partial charge in [0.25, 0.3) is 0 Å². The second kappa shape index (κ2) is 6.67. The van der Waals surface area contributed by atoms with E-state index in [0.29, 0.717) is 5.92 Å². The molecule has 0 radical (unpaired) electrons. The third kappa shape index (κ3) is 2.72. The fourth-order valence-electron chi connectivity index (χ4n) is 3.20. The molecule has 0 spiro atoms. The minimum atomic E-state index is 0. The summed E-state index contributed by atoms with van der Waals surface area (Å²) in [4.78, 5) is 0. The Labute approximate surface area is 132 Å². The lowest BCUT2D eigenvalue weighted by molar-refractivity contribution is 0.750. The van der Waals surface area contributed by atoms with Gasteiger partial charge in [0.05, 0.1) is 11.4 Å². The van der Waals surface area contributed by atoms with Crippen LogP contribution in [0.4, 0.5) is 0 Å². The molecule has 0 aliphatic heterocycles. The van der Waals surface area contributed by atoms with E-state index in [-0.39, 0.29) is 6.15 Å². The maximum Gasteiger partial charge on any atom is 0.0656 e. The molecule has 0 bridgehead atoms. The van der Waals surface area contributed by atoms with Gasteiger partial charge in [-0.1, -0.05) is 55.5 Å². The van der Waals surface area contributed by atoms with E-state index >= 15 is 0 Å². The molecule has 0 saturated heterocycles. The van der Waals surface area contributed by atoms with Crippen molar-refractivity contribution in [2.45, 2.75) is 26.2 Å². The lowest BCUT2D eigenvalue weighted by Gasteiger charge is -2.25. The van der Waals surface area contributed by atoms with Crippen LogP contribution in [-0.2, 0) is 6.42 Å². The summed E-state index contributed by atoms with van der Waals surface area (Å²) in [6.07, 6.45) is 1.04. The van der Waals surface area contributed by atoms with Crippen molar-refractivity contribution in [3.8, 4) is 0 Å². The first-order valence-corrected chi connectivity index (χ1v) is 7.63. The summed E-state index contributed by atoms with van der Waals surface area (Å²) in [6.45, 7) is 5.25. The van der Waals surface area contributed by atoms with Gasteiger partial charge in [0.1, 0.15) is 0 Å². The van der Waals surface area contributed by atoms with Crippen molar-refractivity contribution in [2.75, 3.05) is 6.54 Å². The smallest absolute Gasteiger partial charge is 0.0656 e. The van der Waals surface area contributed by atoms with E-state index in [1.807, 2.05) is 0 Å². The predicted octanol–water partition coefficient (Wildman–Crippen LogP) is 3.90. The molecule has 1 aliphatic rings. The molecule has 0 heterocycles. The number of nitrogens with one attached hydrogen (secondary N) is 1. The van der Waals surface area contributed by atoms with Crippen LogP contribution in [0.5, 0.6) is 0 Å². The summed E-state index contributed by atoms with van der Waals surface area (Å²) < 4.78 is 0.